The number of fused-ring (bicyclic) bond motifs is 1. The van der Waals surface area contributed by atoms with Crippen LogP contribution < -0.4 is 10.1 Å². The molecule has 1 unspecified atom stereocenters. The molecular weight excluding hydrogens is 392 g/mol. The molecule has 1 atom stereocenters. The van der Waals surface area contributed by atoms with Crippen molar-refractivity contribution in [2.24, 2.45) is 5.92 Å². The molecule has 1 heterocycles. The van der Waals surface area contributed by atoms with Gasteiger partial charge in [0.25, 0.3) is 0 Å². The molecule has 0 spiro atoms. The van der Waals surface area contributed by atoms with E-state index in [9.17, 15) is 9.90 Å². The molecule has 0 aliphatic heterocycles. The van der Waals surface area contributed by atoms with E-state index in [1.54, 1.807) is 19.9 Å². The van der Waals surface area contributed by atoms with Crippen LogP contribution in [0.3, 0.4) is 0 Å². The van der Waals surface area contributed by atoms with Crippen LogP contribution in [0, 0.1) is 5.92 Å². The van der Waals surface area contributed by atoms with Crippen molar-refractivity contribution in [2.45, 2.75) is 64.1 Å². The van der Waals surface area contributed by atoms with Gasteiger partial charge in [0.15, 0.2) is 11.2 Å². The first-order valence-electron chi connectivity index (χ1n) is 11.0. The molecule has 0 amide bonds. The third-order valence-corrected chi connectivity index (χ3v) is 6.01. The van der Waals surface area contributed by atoms with Gasteiger partial charge in [0.2, 0.25) is 5.89 Å². The van der Waals surface area contributed by atoms with Gasteiger partial charge in [0.05, 0.1) is 6.04 Å². The number of ether oxygens (including phenoxy) is 1. The van der Waals surface area contributed by atoms with Gasteiger partial charge in [-0.1, -0.05) is 43.5 Å². The highest BCUT2D eigenvalue weighted by molar-refractivity contribution is 5.76. The molecule has 3 aromatic rings. The number of hydrogen-bond donors (Lipinski definition) is 2. The molecule has 6 nitrogen and oxygen atoms in total. The molecule has 1 aliphatic rings. The molecule has 0 radical (unpaired) electrons. The van der Waals surface area contributed by atoms with E-state index in [1.807, 2.05) is 42.5 Å². The lowest BCUT2D eigenvalue weighted by atomic mass is 9.83. The molecule has 164 valence electrons. The Morgan fingerprint density at radius 2 is 1.97 bits per heavy atom. The molecule has 4 rings (SSSR count). The summed E-state index contributed by atoms with van der Waals surface area (Å²) in [5, 5.41) is 13.0. The first kappa shape index (κ1) is 21.4. The topological polar surface area (TPSA) is 84.6 Å². The molecule has 1 saturated carbocycles. The zero-order valence-corrected chi connectivity index (χ0v) is 18.1. The van der Waals surface area contributed by atoms with Crippen molar-refractivity contribution in [3.05, 3.63) is 60.0 Å². The number of hydrogen-bond acceptors (Lipinski definition) is 5. The summed E-state index contributed by atoms with van der Waals surface area (Å²) in [6.45, 7) is 3.71. The number of benzene rings is 2. The van der Waals surface area contributed by atoms with Gasteiger partial charge in [-0.2, -0.15) is 0 Å². The third-order valence-electron chi connectivity index (χ3n) is 6.01. The van der Waals surface area contributed by atoms with E-state index < -0.39 is 11.6 Å². The summed E-state index contributed by atoms with van der Waals surface area (Å²) in [7, 11) is 0. The van der Waals surface area contributed by atoms with E-state index in [0.29, 0.717) is 18.2 Å². The molecule has 1 aromatic heterocycles. The highest BCUT2D eigenvalue weighted by Gasteiger charge is 2.30. The summed E-state index contributed by atoms with van der Waals surface area (Å²) in [6.07, 6.45) is 6.07. The maximum atomic E-state index is 11.4. The van der Waals surface area contributed by atoms with E-state index in [-0.39, 0.29) is 6.04 Å². The van der Waals surface area contributed by atoms with Gasteiger partial charge >= 0.3 is 5.97 Å². The minimum atomic E-state index is -1.28. The Kier molecular flexibility index (Phi) is 6.28. The van der Waals surface area contributed by atoms with Crippen molar-refractivity contribution in [1.29, 1.82) is 0 Å². The number of rotatable bonds is 8. The van der Waals surface area contributed by atoms with Gasteiger partial charge in [-0.05, 0) is 62.4 Å². The van der Waals surface area contributed by atoms with Crippen molar-refractivity contribution in [1.82, 2.24) is 10.3 Å². The average Bonchev–Trinajstić information content (AvgIpc) is 3.18. The SMILES string of the molecule is CC(C)(Oc1cccc(CNC(c2nc3ccccc3o2)C2CCCCC2)c1)C(=O)O. The second kappa shape index (κ2) is 9.10. The van der Waals surface area contributed by atoms with E-state index in [0.717, 1.165) is 35.4 Å². The van der Waals surface area contributed by atoms with Crippen molar-refractivity contribution in [3.63, 3.8) is 0 Å². The normalized spacial score (nSPS) is 16.3. The first-order valence-corrected chi connectivity index (χ1v) is 11.0. The predicted molar refractivity (Wildman–Crippen MR) is 119 cm³/mol. The van der Waals surface area contributed by atoms with Gasteiger partial charge in [-0.3, -0.25) is 0 Å². The molecule has 0 saturated heterocycles. The molecule has 2 N–H and O–H groups in total. The van der Waals surface area contributed by atoms with E-state index in [4.69, 9.17) is 14.1 Å². The number of carboxylic acids is 1. The fraction of sp³-hybridized carbons (Fsp3) is 0.440. The lowest BCUT2D eigenvalue weighted by molar-refractivity contribution is -0.152. The molecule has 2 aromatic carbocycles. The summed E-state index contributed by atoms with van der Waals surface area (Å²) < 4.78 is 11.8. The molecular formula is C25H30N2O4. The fourth-order valence-corrected chi connectivity index (χ4v) is 4.23. The summed E-state index contributed by atoms with van der Waals surface area (Å²) in [6, 6.07) is 15.5. The van der Waals surface area contributed by atoms with Gasteiger partial charge < -0.3 is 19.6 Å². The monoisotopic (exact) mass is 422 g/mol. The van der Waals surface area contributed by atoms with Gasteiger partial charge in [-0.25, -0.2) is 9.78 Å². The minimum absolute atomic E-state index is 0.0349. The zero-order valence-electron chi connectivity index (χ0n) is 18.1. The van der Waals surface area contributed by atoms with Crippen LogP contribution in [0.4, 0.5) is 0 Å². The van der Waals surface area contributed by atoms with Crippen LogP contribution >= 0.6 is 0 Å². The summed E-state index contributed by atoms with van der Waals surface area (Å²) in [5.41, 5.74) is 1.43. The van der Waals surface area contributed by atoms with E-state index >= 15 is 0 Å². The summed E-state index contributed by atoms with van der Waals surface area (Å²) in [4.78, 5) is 16.1. The van der Waals surface area contributed by atoms with Crippen LogP contribution in [0.15, 0.2) is 52.9 Å². The number of nitrogens with one attached hydrogen (secondary N) is 1. The van der Waals surface area contributed by atoms with Crippen LogP contribution in [0.5, 0.6) is 5.75 Å². The molecule has 1 fully saturated rings. The Morgan fingerprint density at radius 3 is 2.71 bits per heavy atom. The quantitative estimate of drug-likeness (QED) is 0.500. The summed E-state index contributed by atoms with van der Waals surface area (Å²) in [5.74, 6) is 0.770. The maximum Gasteiger partial charge on any atom is 0.347 e. The Labute approximate surface area is 182 Å². The van der Waals surface area contributed by atoms with Crippen LogP contribution in [-0.2, 0) is 11.3 Å². The Hall–Kier alpha value is -2.86. The average molecular weight is 423 g/mol. The highest BCUT2D eigenvalue weighted by atomic mass is 16.5. The van der Waals surface area contributed by atoms with Gasteiger partial charge in [-0.15, -0.1) is 0 Å². The standard InChI is InChI=1S/C25H30N2O4/c1-25(2,24(28)29)31-19-12-8-9-17(15-19)16-26-22(18-10-4-3-5-11-18)23-27-20-13-6-7-14-21(20)30-23/h6-9,12-15,18,22,26H,3-5,10-11,16H2,1-2H3,(H,28,29). The number of aromatic nitrogens is 1. The van der Waals surface area contributed by atoms with Crippen molar-refractivity contribution >= 4 is 17.1 Å². The first-order chi connectivity index (χ1) is 14.9. The van der Waals surface area contributed by atoms with Gasteiger partial charge in [0, 0.05) is 6.54 Å². The number of oxazole rings is 1. The fourth-order valence-electron chi connectivity index (χ4n) is 4.23. The van der Waals surface area contributed by atoms with Crippen LogP contribution in [0.1, 0.15) is 63.4 Å². The molecule has 31 heavy (non-hydrogen) atoms. The minimum Gasteiger partial charge on any atom is -0.478 e. The Bertz CT molecular complexity index is 1000. The van der Waals surface area contributed by atoms with Crippen molar-refractivity contribution in [2.75, 3.05) is 0 Å². The maximum absolute atomic E-state index is 11.4. The second-order valence-electron chi connectivity index (χ2n) is 8.84. The number of carbonyl (C=O) groups is 1. The third kappa shape index (κ3) is 5.07. The number of aliphatic carboxylic acids is 1. The molecule has 0 bridgehead atoms. The van der Waals surface area contributed by atoms with Crippen LogP contribution in [0.25, 0.3) is 11.1 Å². The second-order valence-corrected chi connectivity index (χ2v) is 8.84. The lowest BCUT2D eigenvalue weighted by Crippen LogP contribution is -2.37. The lowest BCUT2D eigenvalue weighted by Gasteiger charge is -2.29. The molecule has 6 heteroatoms. The Morgan fingerprint density at radius 1 is 1.19 bits per heavy atom. The van der Waals surface area contributed by atoms with E-state index in [2.05, 4.69) is 5.32 Å². The zero-order chi connectivity index (χ0) is 21.8. The van der Waals surface area contributed by atoms with Crippen LogP contribution in [-0.4, -0.2) is 21.7 Å². The molecule has 1 aliphatic carbocycles. The number of para-hydroxylation sites is 2. The summed E-state index contributed by atoms with van der Waals surface area (Å²) >= 11 is 0. The highest BCUT2D eigenvalue weighted by Crippen LogP contribution is 2.35. The number of carboxylic acid groups (broad SMARTS) is 1. The Balaban J connectivity index is 1.52. The van der Waals surface area contributed by atoms with E-state index in [1.165, 1.54) is 19.3 Å². The van der Waals surface area contributed by atoms with Gasteiger partial charge in [0.1, 0.15) is 11.3 Å². The van der Waals surface area contributed by atoms with Crippen LogP contribution in [0.2, 0.25) is 0 Å². The van der Waals surface area contributed by atoms with Crippen molar-refractivity contribution in [3.8, 4) is 5.75 Å². The predicted octanol–water partition coefficient (Wildman–Crippen LogP) is 5.48. The number of nitrogens with zero attached hydrogens (tertiary/aromatic N) is 1. The largest absolute Gasteiger partial charge is 0.478 e. The smallest absolute Gasteiger partial charge is 0.347 e. The van der Waals surface area contributed by atoms with Crippen molar-refractivity contribution < 1.29 is 19.1 Å².